The van der Waals surface area contributed by atoms with Gasteiger partial charge in [-0.15, -0.1) is 0 Å². The molecule has 112 valence electrons. The zero-order valence-corrected chi connectivity index (χ0v) is 12.6. The van der Waals surface area contributed by atoms with Gasteiger partial charge in [0.15, 0.2) is 5.82 Å². The summed E-state index contributed by atoms with van der Waals surface area (Å²) in [4.78, 5) is 4.65. The van der Waals surface area contributed by atoms with Crippen molar-refractivity contribution >= 4 is 0 Å². The maximum Gasteiger partial charge on any atom is 0.226 e. The van der Waals surface area contributed by atoms with Gasteiger partial charge in [-0.2, -0.15) is 4.98 Å². The highest BCUT2D eigenvalue weighted by Gasteiger charge is 2.27. The van der Waals surface area contributed by atoms with Gasteiger partial charge in [0.05, 0.1) is 0 Å². The molecule has 20 heavy (non-hydrogen) atoms. The Hall–Kier alpha value is -0.900. The van der Waals surface area contributed by atoms with Crippen molar-refractivity contribution in [2.45, 2.75) is 76.7 Å². The second-order valence-electron chi connectivity index (χ2n) is 6.92. The first-order valence-corrected chi connectivity index (χ1v) is 8.30. The lowest BCUT2D eigenvalue weighted by Crippen LogP contribution is -2.34. The number of hydrogen-bond acceptors (Lipinski definition) is 4. The van der Waals surface area contributed by atoms with E-state index in [-0.39, 0.29) is 0 Å². The molecule has 2 atom stereocenters. The minimum atomic E-state index is 0.314. The summed E-state index contributed by atoms with van der Waals surface area (Å²) in [6.07, 6.45) is 10.8. The molecule has 2 fully saturated rings. The molecule has 2 N–H and O–H groups in total. The molecule has 4 heteroatoms. The number of rotatable bonds is 3. The lowest BCUT2D eigenvalue weighted by atomic mass is 9.82. The summed E-state index contributed by atoms with van der Waals surface area (Å²) in [6, 6.07) is 0.314. The van der Waals surface area contributed by atoms with Crippen molar-refractivity contribution in [1.29, 1.82) is 0 Å². The molecule has 0 aliphatic heterocycles. The molecule has 0 spiro atoms. The van der Waals surface area contributed by atoms with E-state index in [4.69, 9.17) is 10.3 Å². The molecule has 1 aromatic heterocycles. The average molecular weight is 277 g/mol. The van der Waals surface area contributed by atoms with Crippen LogP contribution in [0.4, 0.5) is 0 Å². The molecule has 0 bridgehead atoms. The minimum Gasteiger partial charge on any atom is -0.339 e. The van der Waals surface area contributed by atoms with Gasteiger partial charge >= 0.3 is 0 Å². The molecule has 0 aromatic carbocycles. The monoisotopic (exact) mass is 277 g/mol. The summed E-state index contributed by atoms with van der Waals surface area (Å²) in [5, 5.41) is 4.23. The molecule has 4 nitrogen and oxygen atoms in total. The fraction of sp³-hybridized carbons (Fsp3) is 0.875. The van der Waals surface area contributed by atoms with Crippen LogP contribution in [-0.2, 0) is 6.42 Å². The molecule has 2 aliphatic carbocycles. The Kier molecular flexibility index (Phi) is 4.39. The molecular formula is C16H27N3O. The van der Waals surface area contributed by atoms with Crippen molar-refractivity contribution in [3.8, 4) is 0 Å². The number of aromatic nitrogens is 2. The smallest absolute Gasteiger partial charge is 0.226 e. The van der Waals surface area contributed by atoms with Crippen LogP contribution in [0.1, 0.15) is 75.9 Å². The summed E-state index contributed by atoms with van der Waals surface area (Å²) in [5.74, 6) is 3.65. The number of nitrogens with zero attached hydrogens (tertiary/aromatic N) is 2. The van der Waals surface area contributed by atoms with Crippen LogP contribution in [0, 0.1) is 11.8 Å². The summed E-state index contributed by atoms with van der Waals surface area (Å²) < 4.78 is 5.48. The second-order valence-corrected chi connectivity index (χ2v) is 6.92. The third-order valence-electron chi connectivity index (χ3n) is 5.27. The lowest BCUT2D eigenvalue weighted by Gasteiger charge is -2.27. The Morgan fingerprint density at radius 1 is 1.10 bits per heavy atom. The van der Waals surface area contributed by atoms with E-state index in [2.05, 4.69) is 17.1 Å². The normalized spacial score (nSPS) is 35.1. The number of hydrogen-bond donors (Lipinski definition) is 1. The van der Waals surface area contributed by atoms with E-state index in [0.29, 0.717) is 17.9 Å². The Labute approximate surface area is 121 Å². The standard InChI is InChI=1S/C16H27N3O/c1-11-6-8-12(9-7-11)16-18-15(20-19-16)10-13-4-2-3-5-14(13)17/h11-14H,2-10,17H2,1H3. The highest BCUT2D eigenvalue weighted by atomic mass is 16.5. The Morgan fingerprint density at radius 3 is 2.60 bits per heavy atom. The third kappa shape index (κ3) is 3.22. The summed E-state index contributed by atoms with van der Waals surface area (Å²) in [7, 11) is 0. The Balaban J connectivity index is 1.59. The third-order valence-corrected chi connectivity index (χ3v) is 5.27. The van der Waals surface area contributed by atoms with Crippen molar-refractivity contribution in [3.63, 3.8) is 0 Å². The Morgan fingerprint density at radius 2 is 1.85 bits per heavy atom. The fourth-order valence-electron chi connectivity index (χ4n) is 3.75. The van der Waals surface area contributed by atoms with Crippen LogP contribution in [0.25, 0.3) is 0 Å². The van der Waals surface area contributed by atoms with Crippen LogP contribution in [0.15, 0.2) is 4.52 Å². The van der Waals surface area contributed by atoms with Gasteiger partial charge in [-0.3, -0.25) is 0 Å². The van der Waals surface area contributed by atoms with E-state index < -0.39 is 0 Å². The maximum absolute atomic E-state index is 6.20. The maximum atomic E-state index is 6.20. The van der Waals surface area contributed by atoms with Crippen molar-refractivity contribution in [1.82, 2.24) is 10.1 Å². The number of nitrogens with two attached hydrogens (primary N) is 1. The topological polar surface area (TPSA) is 64.9 Å². The van der Waals surface area contributed by atoms with Crippen LogP contribution in [0.3, 0.4) is 0 Å². The largest absolute Gasteiger partial charge is 0.339 e. The first kappa shape index (κ1) is 14.1. The van der Waals surface area contributed by atoms with E-state index in [1.54, 1.807) is 0 Å². The van der Waals surface area contributed by atoms with E-state index in [1.807, 2.05) is 0 Å². The fourth-order valence-corrected chi connectivity index (χ4v) is 3.75. The van der Waals surface area contributed by atoms with Gasteiger partial charge in [0, 0.05) is 18.4 Å². The predicted molar refractivity (Wildman–Crippen MR) is 78.3 cm³/mol. The summed E-state index contributed by atoms with van der Waals surface area (Å²) in [5.41, 5.74) is 6.20. The first-order valence-electron chi connectivity index (χ1n) is 8.30. The second kappa shape index (κ2) is 6.25. The van der Waals surface area contributed by atoms with Gasteiger partial charge in [-0.05, 0) is 37.5 Å². The van der Waals surface area contributed by atoms with Crippen molar-refractivity contribution < 1.29 is 4.52 Å². The molecule has 2 aliphatic rings. The van der Waals surface area contributed by atoms with E-state index in [9.17, 15) is 0 Å². The predicted octanol–water partition coefficient (Wildman–Crippen LogP) is 3.42. The molecule has 3 rings (SSSR count). The molecule has 1 aromatic rings. The molecular weight excluding hydrogens is 250 g/mol. The quantitative estimate of drug-likeness (QED) is 0.919. The van der Waals surface area contributed by atoms with Gasteiger partial charge in [0.1, 0.15) is 0 Å². The zero-order chi connectivity index (χ0) is 13.9. The molecule has 2 unspecified atom stereocenters. The zero-order valence-electron chi connectivity index (χ0n) is 12.6. The van der Waals surface area contributed by atoms with Crippen molar-refractivity contribution in [2.24, 2.45) is 17.6 Å². The molecule has 2 saturated carbocycles. The van der Waals surface area contributed by atoms with E-state index in [0.717, 1.165) is 30.5 Å². The highest BCUT2D eigenvalue weighted by Crippen LogP contribution is 2.34. The van der Waals surface area contributed by atoms with Crippen LogP contribution < -0.4 is 5.73 Å². The van der Waals surface area contributed by atoms with Gasteiger partial charge in [-0.1, -0.05) is 37.8 Å². The molecule has 0 saturated heterocycles. The van der Waals surface area contributed by atoms with Gasteiger partial charge < -0.3 is 10.3 Å². The molecule has 1 heterocycles. The van der Waals surface area contributed by atoms with E-state index in [1.165, 1.54) is 44.9 Å². The van der Waals surface area contributed by atoms with Crippen LogP contribution in [0.5, 0.6) is 0 Å². The van der Waals surface area contributed by atoms with Crippen LogP contribution in [-0.4, -0.2) is 16.2 Å². The molecule has 0 amide bonds. The Bertz CT molecular complexity index is 423. The van der Waals surface area contributed by atoms with Crippen LogP contribution >= 0.6 is 0 Å². The van der Waals surface area contributed by atoms with E-state index >= 15 is 0 Å². The highest BCUT2D eigenvalue weighted by molar-refractivity contribution is 4.98. The SMILES string of the molecule is CC1CCC(c2noc(CC3CCCCC3N)n2)CC1. The van der Waals surface area contributed by atoms with Gasteiger partial charge in [-0.25, -0.2) is 0 Å². The van der Waals surface area contributed by atoms with Gasteiger partial charge in [0.25, 0.3) is 0 Å². The summed E-state index contributed by atoms with van der Waals surface area (Å²) >= 11 is 0. The van der Waals surface area contributed by atoms with Crippen molar-refractivity contribution in [2.75, 3.05) is 0 Å². The summed E-state index contributed by atoms with van der Waals surface area (Å²) in [6.45, 7) is 2.34. The minimum absolute atomic E-state index is 0.314. The average Bonchev–Trinajstić information content (AvgIpc) is 2.91. The molecule has 0 radical (unpaired) electrons. The lowest BCUT2D eigenvalue weighted by molar-refractivity contribution is 0.271. The van der Waals surface area contributed by atoms with Gasteiger partial charge in [0.2, 0.25) is 5.89 Å². The van der Waals surface area contributed by atoms with Crippen molar-refractivity contribution in [3.05, 3.63) is 11.7 Å². The van der Waals surface area contributed by atoms with Crippen LogP contribution in [0.2, 0.25) is 0 Å². The first-order chi connectivity index (χ1) is 9.72.